The first-order valence-electron chi connectivity index (χ1n) is 4.77. The molecule has 12 heteroatoms. The summed E-state index contributed by atoms with van der Waals surface area (Å²) < 4.78 is 4.50. The minimum atomic E-state index is -1.80. The lowest BCUT2D eigenvalue weighted by Gasteiger charge is -2.07. The van der Waals surface area contributed by atoms with Crippen LogP contribution in [0.5, 0.6) is 0 Å². The first-order chi connectivity index (χ1) is 9.18. The van der Waals surface area contributed by atoms with Crippen molar-refractivity contribution < 1.29 is 58.8 Å². The number of hydrogen-bond acceptors (Lipinski definition) is 9. The Bertz CT molecular complexity index is 322. The lowest BCUT2D eigenvalue weighted by Crippen LogP contribution is -2.16. The summed E-state index contributed by atoms with van der Waals surface area (Å²) in [5.41, 5.74) is 0. The molecule has 0 saturated heterocycles. The lowest BCUT2D eigenvalue weighted by molar-refractivity contribution is -0.216. The predicted octanol–water partition coefficient (Wildman–Crippen LogP) is 1.84. The van der Waals surface area contributed by atoms with Gasteiger partial charge in [-0.3, -0.25) is 0 Å². The van der Waals surface area contributed by atoms with Gasteiger partial charge in [-0.1, -0.05) is 6.92 Å². The lowest BCUT2D eigenvalue weighted by atomic mass is 10.3. The molecule has 0 spiro atoms. The Morgan fingerprint density at radius 3 is 1.50 bits per heavy atom. The summed E-state index contributed by atoms with van der Waals surface area (Å²) in [6, 6.07) is 0. The molecule has 0 aromatic carbocycles. The highest BCUT2D eigenvalue weighted by Crippen LogP contribution is 1.98. The van der Waals surface area contributed by atoms with Gasteiger partial charge in [0.25, 0.3) is 0 Å². The number of carbonyl (C=O) groups is 4. The monoisotopic (exact) mass is 300 g/mol. The molecule has 20 heavy (non-hydrogen) atoms. The summed E-state index contributed by atoms with van der Waals surface area (Å²) in [7, 11) is 0. The summed E-state index contributed by atoms with van der Waals surface area (Å²) in [5, 5.41) is 23.0. The maximum Gasteiger partial charge on any atom is 0.550 e. The SMILES string of the molecule is CCC(C)OC(=O)OOC(=O)O.O=C(O)OOC(=O)O. The fourth-order valence-electron chi connectivity index (χ4n) is 0.408. The smallest absolute Gasteiger partial charge is 0.447 e. The molecule has 0 aliphatic rings. The van der Waals surface area contributed by atoms with E-state index in [4.69, 9.17) is 15.3 Å². The van der Waals surface area contributed by atoms with Crippen molar-refractivity contribution in [3.8, 4) is 0 Å². The number of rotatable bonds is 2. The van der Waals surface area contributed by atoms with Crippen LogP contribution in [-0.4, -0.2) is 46.0 Å². The van der Waals surface area contributed by atoms with E-state index < -0.39 is 24.6 Å². The minimum Gasteiger partial charge on any atom is -0.447 e. The summed E-state index contributed by atoms with van der Waals surface area (Å²) >= 11 is 0. The molecule has 12 nitrogen and oxygen atoms in total. The summed E-state index contributed by atoms with van der Waals surface area (Å²) in [4.78, 5) is 52.2. The van der Waals surface area contributed by atoms with Crippen LogP contribution in [0.4, 0.5) is 19.2 Å². The average Bonchev–Trinajstić information content (AvgIpc) is 2.34. The Morgan fingerprint density at radius 1 is 0.850 bits per heavy atom. The summed E-state index contributed by atoms with van der Waals surface area (Å²) in [6.45, 7) is 3.44. The predicted molar refractivity (Wildman–Crippen MR) is 54.6 cm³/mol. The highest BCUT2D eigenvalue weighted by molar-refractivity contribution is 5.62. The van der Waals surface area contributed by atoms with Gasteiger partial charge < -0.3 is 20.1 Å². The second kappa shape index (κ2) is 11.2. The molecule has 0 heterocycles. The Morgan fingerprint density at radius 2 is 1.20 bits per heavy atom. The second-order valence-electron chi connectivity index (χ2n) is 2.72. The van der Waals surface area contributed by atoms with Gasteiger partial charge >= 0.3 is 24.6 Å². The molecule has 0 aliphatic carbocycles. The highest BCUT2D eigenvalue weighted by atomic mass is 17.3. The van der Waals surface area contributed by atoms with Gasteiger partial charge in [0.2, 0.25) is 0 Å². The molecular weight excluding hydrogens is 288 g/mol. The third kappa shape index (κ3) is 17.5. The van der Waals surface area contributed by atoms with Crippen LogP contribution in [0.15, 0.2) is 0 Å². The maximum absolute atomic E-state index is 10.5. The molecule has 3 N–H and O–H groups in total. The van der Waals surface area contributed by atoms with Crippen molar-refractivity contribution in [2.45, 2.75) is 26.4 Å². The van der Waals surface area contributed by atoms with Crippen LogP contribution in [0.2, 0.25) is 0 Å². The molecular formula is C8H12O12. The first kappa shape index (κ1) is 19.4. The molecule has 0 amide bonds. The molecule has 0 saturated carbocycles. The average molecular weight is 300 g/mol. The molecule has 1 atom stereocenters. The van der Waals surface area contributed by atoms with E-state index in [0.717, 1.165) is 0 Å². The highest BCUT2D eigenvalue weighted by Gasteiger charge is 2.12. The second-order valence-corrected chi connectivity index (χ2v) is 2.72. The Labute approximate surface area is 111 Å². The zero-order valence-corrected chi connectivity index (χ0v) is 10.3. The van der Waals surface area contributed by atoms with Crippen molar-refractivity contribution in [2.24, 2.45) is 0 Å². The van der Waals surface area contributed by atoms with Crippen LogP contribution >= 0.6 is 0 Å². The van der Waals surface area contributed by atoms with Gasteiger partial charge in [-0.2, -0.15) is 9.68 Å². The Balaban J connectivity index is 0. The van der Waals surface area contributed by atoms with E-state index >= 15 is 0 Å². The number of ether oxygens (including phenoxy) is 1. The van der Waals surface area contributed by atoms with Crippen LogP contribution in [-0.2, 0) is 24.3 Å². The van der Waals surface area contributed by atoms with Crippen LogP contribution in [0, 0.1) is 0 Å². The van der Waals surface area contributed by atoms with E-state index in [-0.39, 0.29) is 6.10 Å². The van der Waals surface area contributed by atoms with E-state index in [1.54, 1.807) is 13.8 Å². The third-order valence-corrected chi connectivity index (χ3v) is 1.24. The van der Waals surface area contributed by atoms with Crippen LogP contribution in [0.3, 0.4) is 0 Å². The van der Waals surface area contributed by atoms with E-state index in [2.05, 4.69) is 24.3 Å². The molecule has 0 bridgehead atoms. The third-order valence-electron chi connectivity index (χ3n) is 1.24. The fourth-order valence-corrected chi connectivity index (χ4v) is 0.408. The Hall–Kier alpha value is -2.92. The van der Waals surface area contributed by atoms with E-state index in [0.29, 0.717) is 6.42 Å². The topological polar surface area (TPSA) is 175 Å². The zero-order valence-electron chi connectivity index (χ0n) is 10.3. The van der Waals surface area contributed by atoms with Gasteiger partial charge in [0.1, 0.15) is 6.10 Å². The molecule has 0 aromatic heterocycles. The normalized spacial score (nSPS) is 9.90. The van der Waals surface area contributed by atoms with Crippen LogP contribution in [0.25, 0.3) is 0 Å². The fraction of sp³-hybridized carbons (Fsp3) is 0.500. The molecule has 0 fully saturated rings. The van der Waals surface area contributed by atoms with E-state index in [1.165, 1.54) is 0 Å². The number of hydrogen-bond donors (Lipinski definition) is 3. The van der Waals surface area contributed by atoms with Crippen molar-refractivity contribution >= 4 is 24.6 Å². The van der Waals surface area contributed by atoms with E-state index in [9.17, 15) is 19.2 Å². The van der Waals surface area contributed by atoms with Crippen molar-refractivity contribution in [2.75, 3.05) is 0 Å². The van der Waals surface area contributed by atoms with Gasteiger partial charge in [-0.05, 0) is 13.3 Å². The summed E-state index contributed by atoms with van der Waals surface area (Å²) in [6.07, 6.45) is -6.17. The van der Waals surface area contributed by atoms with Gasteiger partial charge in [-0.25, -0.2) is 29.0 Å². The molecule has 116 valence electrons. The quantitative estimate of drug-likeness (QED) is 0.383. The molecule has 0 radical (unpaired) electrons. The zero-order chi connectivity index (χ0) is 16.1. The maximum atomic E-state index is 10.5. The molecule has 1 unspecified atom stereocenters. The Kier molecular flexibility index (Phi) is 10.9. The summed E-state index contributed by atoms with van der Waals surface area (Å²) in [5.74, 6) is 0. The van der Waals surface area contributed by atoms with Crippen LogP contribution in [0.1, 0.15) is 20.3 Å². The van der Waals surface area contributed by atoms with Gasteiger partial charge in [0.05, 0.1) is 0 Å². The van der Waals surface area contributed by atoms with Crippen molar-refractivity contribution in [3.05, 3.63) is 0 Å². The molecule has 0 aromatic rings. The van der Waals surface area contributed by atoms with Crippen molar-refractivity contribution in [1.82, 2.24) is 0 Å². The van der Waals surface area contributed by atoms with Crippen LogP contribution < -0.4 is 0 Å². The largest absolute Gasteiger partial charge is 0.550 e. The van der Waals surface area contributed by atoms with Gasteiger partial charge in [-0.15, -0.1) is 0 Å². The molecule has 0 aliphatic heterocycles. The van der Waals surface area contributed by atoms with E-state index in [1.807, 2.05) is 0 Å². The van der Waals surface area contributed by atoms with Crippen molar-refractivity contribution in [3.63, 3.8) is 0 Å². The molecule has 0 rings (SSSR count). The number of carbonyl (C=O) groups excluding carboxylic acids is 1. The number of carboxylic acid groups (broad SMARTS) is 3. The van der Waals surface area contributed by atoms with Gasteiger partial charge in [0.15, 0.2) is 0 Å². The first-order valence-corrected chi connectivity index (χ1v) is 4.77. The van der Waals surface area contributed by atoms with Gasteiger partial charge in [0, 0.05) is 0 Å². The van der Waals surface area contributed by atoms with Crippen molar-refractivity contribution in [1.29, 1.82) is 0 Å². The standard InChI is InChI=1S/C6H10O6.C2H2O6/c1-3-4(2)10-6(9)12-11-5(7)8;3-1(4)7-8-2(5)6/h4H,3H2,1-2H3,(H,7,8);(H,3,4)(H,5,6). The minimum absolute atomic E-state index is 0.324.